The Hall–Kier alpha value is -0.920. The Bertz CT molecular complexity index is 129. The van der Waals surface area contributed by atoms with E-state index in [2.05, 4.69) is 18.3 Å². The highest BCUT2D eigenvalue weighted by Gasteiger charge is 1.90. The van der Waals surface area contributed by atoms with E-state index in [1.807, 2.05) is 6.08 Å². The third kappa shape index (κ3) is 5.22. The first-order valence-electron chi connectivity index (χ1n) is 3.38. The fourth-order valence-corrected chi connectivity index (χ4v) is 0.700. The van der Waals surface area contributed by atoms with Crippen molar-refractivity contribution in [3.8, 4) is 0 Å². The average Bonchev–Trinajstić information content (AvgIpc) is 1.89. The van der Waals surface area contributed by atoms with E-state index in [0.717, 1.165) is 24.8 Å². The van der Waals surface area contributed by atoms with E-state index in [0.29, 0.717) is 6.54 Å². The van der Waals surface area contributed by atoms with E-state index in [-0.39, 0.29) is 0 Å². The summed E-state index contributed by atoms with van der Waals surface area (Å²) < 4.78 is 0. The lowest BCUT2D eigenvalue weighted by molar-refractivity contribution is 0.809. The van der Waals surface area contributed by atoms with Crippen molar-refractivity contribution in [2.24, 2.45) is 5.18 Å². The van der Waals surface area contributed by atoms with Crippen molar-refractivity contribution in [2.75, 3.05) is 6.54 Å². The van der Waals surface area contributed by atoms with Crippen LogP contribution < -0.4 is 0 Å². The van der Waals surface area contributed by atoms with Crippen LogP contribution in [0.3, 0.4) is 0 Å². The first-order valence-corrected chi connectivity index (χ1v) is 3.38. The number of nitroso groups, excluding NO2 is 1. The third-order valence-corrected chi connectivity index (χ3v) is 1.21. The number of allylic oxidation sites excluding steroid dienone is 2. The molecule has 0 N–H and O–H groups in total. The van der Waals surface area contributed by atoms with Crippen LogP contribution in [0.1, 0.15) is 19.3 Å². The summed E-state index contributed by atoms with van der Waals surface area (Å²) in [6.45, 7) is 7.78. The molecule has 0 aliphatic carbocycles. The van der Waals surface area contributed by atoms with Crippen molar-refractivity contribution in [3.05, 3.63) is 29.7 Å². The fraction of sp³-hybridized carbons (Fsp3) is 0.500. The lowest BCUT2D eigenvalue weighted by atomic mass is 10.1. The quantitative estimate of drug-likeness (QED) is 0.316. The number of hydrogen-bond acceptors (Lipinski definition) is 2. The third-order valence-electron chi connectivity index (χ3n) is 1.21. The Kier molecular flexibility index (Phi) is 5.63. The molecule has 0 aromatic heterocycles. The molecular weight excluding hydrogens is 126 g/mol. The van der Waals surface area contributed by atoms with Gasteiger partial charge >= 0.3 is 0 Å². The minimum atomic E-state index is 0.399. The second-order valence-electron chi connectivity index (χ2n) is 2.20. The number of hydrogen-bond donors (Lipinski definition) is 0. The van der Waals surface area contributed by atoms with Crippen LogP contribution in [0.4, 0.5) is 0 Å². The summed E-state index contributed by atoms with van der Waals surface area (Å²) in [5.74, 6) is 0. The fourth-order valence-electron chi connectivity index (χ4n) is 0.700. The molecule has 10 heavy (non-hydrogen) atoms. The minimum Gasteiger partial charge on any atom is -0.151 e. The molecular formula is C8H13NO. The van der Waals surface area contributed by atoms with Crippen LogP contribution in [0.15, 0.2) is 30.0 Å². The highest BCUT2D eigenvalue weighted by Crippen LogP contribution is 2.06. The predicted octanol–water partition coefficient (Wildman–Crippen LogP) is 2.67. The van der Waals surface area contributed by atoms with Gasteiger partial charge in [-0.05, 0) is 19.3 Å². The summed E-state index contributed by atoms with van der Waals surface area (Å²) >= 11 is 0. The molecule has 0 fully saturated rings. The summed E-state index contributed by atoms with van der Waals surface area (Å²) in [5, 5.41) is 2.75. The second-order valence-corrected chi connectivity index (χ2v) is 2.20. The van der Waals surface area contributed by atoms with Crippen LogP contribution in [-0.2, 0) is 0 Å². The highest BCUT2D eigenvalue weighted by molar-refractivity contribution is 4.99. The summed E-state index contributed by atoms with van der Waals surface area (Å²) in [4.78, 5) is 9.64. The van der Waals surface area contributed by atoms with E-state index in [1.54, 1.807) is 0 Å². The normalized spacial score (nSPS) is 8.80. The maximum absolute atomic E-state index is 9.64. The zero-order chi connectivity index (χ0) is 7.82. The molecule has 0 amide bonds. The Balaban J connectivity index is 3.20. The van der Waals surface area contributed by atoms with Crippen molar-refractivity contribution in [1.82, 2.24) is 0 Å². The topological polar surface area (TPSA) is 29.4 Å². The van der Waals surface area contributed by atoms with Gasteiger partial charge in [0.25, 0.3) is 0 Å². The van der Waals surface area contributed by atoms with Gasteiger partial charge < -0.3 is 0 Å². The van der Waals surface area contributed by atoms with Crippen LogP contribution in [-0.4, -0.2) is 6.54 Å². The van der Waals surface area contributed by atoms with Gasteiger partial charge in [-0.15, -0.1) is 6.58 Å². The molecule has 0 atom stereocenters. The molecule has 56 valence electrons. The van der Waals surface area contributed by atoms with Gasteiger partial charge in [0.2, 0.25) is 0 Å². The van der Waals surface area contributed by atoms with Crippen molar-refractivity contribution in [2.45, 2.75) is 19.3 Å². The van der Waals surface area contributed by atoms with Gasteiger partial charge in [-0.25, -0.2) is 0 Å². The summed E-state index contributed by atoms with van der Waals surface area (Å²) in [6, 6.07) is 0. The van der Waals surface area contributed by atoms with Crippen LogP contribution >= 0.6 is 0 Å². The standard InChI is InChI=1S/C8H13NO/c1-3-5-8(2)6-4-7-9-10/h3H,1-2,4-7H2. The van der Waals surface area contributed by atoms with Crippen LogP contribution in [0.2, 0.25) is 0 Å². The molecule has 0 spiro atoms. The summed E-state index contributed by atoms with van der Waals surface area (Å²) in [7, 11) is 0. The largest absolute Gasteiger partial charge is 0.151 e. The van der Waals surface area contributed by atoms with Gasteiger partial charge in [0, 0.05) is 0 Å². The van der Waals surface area contributed by atoms with Gasteiger partial charge in [0.15, 0.2) is 0 Å². The lowest BCUT2D eigenvalue weighted by Crippen LogP contribution is -1.83. The molecule has 0 heterocycles. The van der Waals surface area contributed by atoms with Crippen LogP contribution in [0.25, 0.3) is 0 Å². The van der Waals surface area contributed by atoms with Gasteiger partial charge in [-0.3, -0.25) is 0 Å². The Labute approximate surface area is 61.6 Å². The molecule has 0 bridgehead atoms. The molecule has 2 heteroatoms. The highest BCUT2D eigenvalue weighted by atomic mass is 16.3. The molecule has 0 rings (SSSR count). The van der Waals surface area contributed by atoms with E-state index < -0.39 is 0 Å². The molecule has 0 aliphatic rings. The molecule has 0 radical (unpaired) electrons. The van der Waals surface area contributed by atoms with Crippen LogP contribution in [0, 0.1) is 4.91 Å². The van der Waals surface area contributed by atoms with Crippen molar-refractivity contribution in [3.63, 3.8) is 0 Å². The van der Waals surface area contributed by atoms with E-state index in [1.165, 1.54) is 0 Å². The zero-order valence-corrected chi connectivity index (χ0v) is 6.18. The monoisotopic (exact) mass is 139 g/mol. The second kappa shape index (κ2) is 6.20. The Morgan fingerprint density at radius 3 is 2.80 bits per heavy atom. The molecule has 0 unspecified atom stereocenters. The molecule has 2 nitrogen and oxygen atoms in total. The maximum Gasteiger partial charge on any atom is 0.0814 e. The van der Waals surface area contributed by atoms with E-state index >= 15 is 0 Å². The predicted molar refractivity (Wildman–Crippen MR) is 43.9 cm³/mol. The number of rotatable bonds is 6. The maximum atomic E-state index is 9.64. The summed E-state index contributed by atoms with van der Waals surface area (Å²) in [6.07, 6.45) is 4.36. The van der Waals surface area contributed by atoms with E-state index in [4.69, 9.17) is 0 Å². The molecule has 0 aliphatic heterocycles. The molecule has 0 saturated carbocycles. The zero-order valence-electron chi connectivity index (χ0n) is 6.18. The molecule has 0 aromatic carbocycles. The minimum absolute atomic E-state index is 0.399. The van der Waals surface area contributed by atoms with Gasteiger partial charge in [-0.2, -0.15) is 4.91 Å². The van der Waals surface area contributed by atoms with Crippen molar-refractivity contribution >= 4 is 0 Å². The van der Waals surface area contributed by atoms with E-state index in [9.17, 15) is 4.91 Å². The Morgan fingerprint density at radius 2 is 2.30 bits per heavy atom. The van der Waals surface area contributed by atoms with Crippen molar-refractivity contribution < 1.29 is 0 Å². The van der Waals surface area contributed by atoms with Crippen LogP contribution in [0.5, 0.6) is 0 Å². The number of nitrogens with zero attached hydrogens (tertiary/aromatic N) is 1. The molecule has 0 aromatic rings. The molecule has 0 saturated heterocycles. The lowest BCUT2D eigenvalue weighted by Gasteiger charge is -1.97. The van der Waals surface area contributed by atoms with Crippen molar-refractivity contribution in [1.29, 1.82) is 0 Å². The first-order chi connectivity index (χ1) is 4.81. The first kappa shape index (κ1) is 9.08. The average molecular weight is 139 g/mol. The van der Waals surface area contributed by atoms with Gasteiger partial charge in [0.1, 0.15) is 0 Å². The summed E-state index contributed by atoms with van der Waals surface area (Å²) in [5.41, 5.74) is 1.12. The van der Waals surface area contributed by atoms with Gasteiger partial charge in [0.05, 0.1) is 6.54 Å². The SMILES string of the molecule is C=CCC(=C)CCCN=O. The van der Waals surface area contributed by atoms with Gasteiger partial charge in [-0.1, -0.05) is 23.4 Å². The Morgan fingerprint density at radius 1 is 1.60 bits per heavy atom. The smallest absolute Gasteiger partial charge is 0.0814 e.